The molecule has 0 aromatic heterocycles. The van der Waals surface area contributed by atoms with Gasteiger partial charge in [0, 0.05) is 19.7 Å². The molecule has 17 heavy (non-hydrogen) atoms. The standard InChI is InChI=1S/C12H23NO3S/c14-17(15)7-2-1-5-12(17)9-13-8-11-4-3-6-16-10-11/h11-13H,1-10H2. The minimum Gasteiger partial charge on any atom is -0.381 e. The predicted octanol–water partition coefficient (Wildman–Crippen LogP) is 0.970. The quantitative estimate of drug-likeness (QED) is 0.819. The highest BCUT2D eigenvalue weighted by molar-refractivity contribution is 7.92. The van der Waals surface area contributed by atoms with E-state index in [9.17, 15) is 8.42 Å². The third-order valence-electron chi connectivity index (χ3n) is 3.77. The van der Waals surface area contributed by atoms with Crippen molar-refractivity contribution >= 4 is 9.84 Å². The van der Waals surface area contributed by atoms with E-state index in [0.29, 0.717) is 18.2 Å². The smallest absolute Gasteiger partial charge is 0.154 e. The van der Waals surface area contributed by atoms with E-state index < -0.39 is 9.84 Å². The molecule has 2 fully saturated rings. The fourth-order valence-electron chi connectivity index (χ4n) is 2.67. The van der Waals surface area contributed by atoms with Crippen LogP contribution in [0.1, 0.15) is 32.1 Å². The van der Waals surface area contributed by atoms with Crippen molar-refractivity contribution in [2.24, 2.45) is 5.92 Å². The summed E-state index contributed by atoms with van der Waals surface area (Å²) < 4.78 is 29.0. The summed E-state index contributed by atoms with van der Waals surface area (Å²) in [5.41, 5.74) is 0. The van der Waals surface area contributed by atoms with Crippen molar-refractivity contribution in [2.45, 2.75) is 37.4 Å². The van der Waals surface area contributed by atoms with Gasteiger partial charge in [-0.15, -0.1) is 0 Å². The van der Waals surface area contributed by atoms with Gasteiger partial charge in [-0.25, -0.2) is 8.42 Å². The maximum atomic E-state index is 11.8. The van der Waals surface area contributed by atoms with Crippen molar-refractivity contribution in [3.8, 4) is 0 Å². The van der Waals surface area contributed by atoms with Crippen molar-refractivity contribution in [1.82, 2.24) is 5.32 Å². The zero-order valence-electron chi connectivity index (χ0n) is 10.4. The molecule has 0 bridgehead atoms. The van der Waals surface area contributed by atoms with Gasteiger partial charge in [0.25, 0.3) is 0 Å². The fourth-order valence-corrected chi connectivity index (χ4v) is 4.50. The molecule has 0 radical (unpaired) electrons. The summed E-state index contributed by atoms with van der Waals surface area (Å²) in [6.45, 7) is 3.22. The van der Waals surface area contributed by atoms with E-state index in [1.54, 1.807) is 0 Å². The van der Waals surface area contributed by atoms with Crippen LogP contribution >= 0.6 is 0 Å². The van der Waals surface area contributed by atoms with Gasteiger partial charge in [-0.3, -0.25) is 0 Å². The van der Waals surface area contributed by atoms with Crippen LogP contribution in [-0.2, 0) is 14.6 Å². The topological polar surface area (TPSA) is 55.4 Å². The molecule has 2 aliphatic heterocycles. The van der Waals surface area contributed by atoms with Gasteiger partial charge in [0.05, 0.1) is 17.6 Å². The minimum atomic E-state index is -2.82. The first-order valence-corrected chi connectivity index (χ1v) is 8.40. The molecular formula is C12H23NO3S. The summed E-state index contributed by atoms with van der Waals surface area (Å²) >= 11 is 0. The van der Waals surface area contributed by atoms with Gasteiger partial charge in [-0.05, 0) is 31.6 Å². The molecular weight excluding hydrogens is 238 g/mol. The molecule has 4 nitrogen and oxygen atoms in total. The Morgan fingerprint density at radius 1 is 1.12 bits per heavy atom. The Balaban J connectivity index is 1.70. The van der Waals surface area contributed by atoms with Crippen LogP contribution in [-0.4, -0.2) is 45.7 Å². The van der Waals surface area contributed by atoms with E-state index in [0.717, 1.165) is 45.4 Å². The Labute approximate surface area is 104 Å². The van der Waals surface area contributed by atoms with Gasteiger partial charge >= 0.3 is 0 Å². The average Bonchev–Trinajstić information content (AvgIpc) is 2.32. The van der Waals surface area contributed by atoms with Gasteiger partial charge in [-0.2, -0.15) is 0 Å². The molecule has 0 aliphatic carbocycles. The van der Waals surface area contributed by atoms with Crippen LogP contribution in [0.3, 0.4) is 0 Å². The molecule has 100 valence electrons. The second-order valence-corrected chi connectivity index (χ2v) is 7.63. The summed E-state index contributed by atoms with van der Waals surface area (Å²) in [5.74, 6) is 0.946. The van der Waals surface area contributed by atoms with E-state index in [1.165, 1.54) is 6.42 Å². The van der Waals surface area contributed by atoms with Crippen LogP contribution < -0.4 is 5.32 Å². The Morgan fingerprint density at radius 3 is 2.71 bits per heavy atom. The summed E-state index contributed by atoms with van der Waals surface area (Å²) in [4.78, 5) is 0. The molecule has 2 aliphatic rings. The molecule has 0 aromatic rings. The molecule has 0 spiro atoms. The number of sulfone groups is 1. The van der Waals surface area contributed by atoms with Gasteiger partial charge in [0.1, 0.15) is 0 Å². The van der Waals surface area contributed by atoms with Gasteiger partial charge in [0.15, 0.2) is 9.84 Å². The molecule has 2 saturated heterocycles. The fraction of sp³-hybridized carbons (Fsp3) is 1.00. The number of nitrogens with one attached hydrogen (secondary N) is 1. The third-order valence-corrected chi connectivity index (χ3v) is 6.05. The van der Waals surface area contributed by atoms with Crippen molar-refractivity contribution in [3.63, 3.8) is 0 Å². The highest BCUT2D eigenvalue weighted by Crippen LogP contribution is 2.19. The first kappa shape index (κ1) is 13.3. The van der Waals surface area contributed by atoms with Crippen LogP contribution in [0, 0.1) is 5.92 Å². The van der Waals surface area contributed by atoms with Crippen LogP contribution in [0.2, 0.25) is 0 Å². The first-order chi connectivity index (χ1) is 8.18. The van der Waals surface area contributed by atoms with Crippen molar-refractivity contribution in [3.05, 3.63) is 0 Å². The lowest BCUT2D eigenvalue weighted by atomic mass is 10.0. The van der Waals surface area contributed by atoms with E-state index in [4.69, 9.17) is 4.74 Å². The molecule has 2 atom stereocenters. The number of rotatable bonds is 4. The lowest BCUT2D eigenvalue weighted by Crippen LogP contribution is -2.40. The van der Waals surface area contributed by atoms with Gasteiger partial charge in [-0.1, -0.05) is 6.42 Å². The molecule has 5 heteroatoms. The van der Waals surface area contributed by atoms with E-state index in [2.05, 4.69) is 5.32 Å². The highest BCUT2D eigenvalue weighted by Gasteiger charge is 2.28. The zero-order valence-corrected chi connectivity index (χ0v) is 11.2. The van der Waals surface area contributed by atoms with Crippen LogP contribution in [0.15, 0.2) is 0 Å². The SMILES string of the molecule is O=S1(=O)CCCCC1CNCC1CCCOC1. The molecule has 0 saturated carbocycles. The first-order valence-electron chi connectivity index (χ1n) is 6.68. The Kier molecular flexibility index (Phi) is 4.82. The van der Waals surface area contributed by atoms with E-state index in [-0.39, 0.29) is 5.25 Å². The monoisotopic (exact) mass is 261 g/mol. The maximum absolute atomic E-state index is 11.8. The summed E-state index contributed by atoms with van der Waals surface area (Å²) in [5, 5.41) is 3.17. The molecule has 2 rings (SSSR count). The van der Waals surface area contributed by atoms with Crippen LogP contribution in [0.4, 0.5) is 0 Å². The van der Waals surface area contributed by atoms with Crippen LogP contribution in [0.25, 0.3) is 0 Å². The second-order valence-electron chi connectivity index (χ2n) is 5.23. The molecule has 1 N–H and O–H groups in total. The Hall–Kier alpha value is -0.130. The average molecular weight is 261 g/mol. The highest BCUT2D eigenvalue weighted by atomic mass is 32.2. The molecule has 2 unspecified atom stereocenters. The largest absolute Gasteiger partial charge is 0.381 e. The Bertz CT molecular complexity index is 323. The van der Waals surface area contributed by atoms with E-state index >= 15 is 0 Å². The van der Waals surface area contributed by atoms with E-state index in [1.807, 2.05) is 0 Å². The van der Waals surface area contributed by atoms with Crippen molar-refractivity contribution < 1.29 is 13.2 Å². The van der Waals surface area contributed by atoms with Crippen LogP contribution in [0.5, 0.6) is 0 Å². The van der Waals surface area contributed by atoms with Crippen molar-refractivity contribution in [2.75, 3.05) is 32.1 Å². The maximum Gasteiger partial charge on any atom is 0.154 e. The summed E-state index contributed by atoms with van der Waals surface area (Å²) in [6, 6.07) is 0. The second kappa shape index (κ2) is 6.16. The minimum absolute atomic E-state index is 0.152. The summed E-state index contributed by atoms with van der Waals surface area (Å²) in [6.07, 6.45) is 5.06. The zero-order chi connectivity index (χ0) is 12.1. The normalized spacial score (nSPS) is 33.4. The summed E-state index contributed by atoms with van der Waals surface area (Å²) in [7, 11) is -2.82. The number of hydrogen-bond acceptors (Lipinski definition) is 4. The lowest BCUT2D eigenvalue weighted by molar-refractivity contribution is 0.0549. The Morgan fingerprint density at radius 2 is 2.00 bits per heavy atom. The number of hydrogen-bond donors (Lipinski definition) is 1. The predicted molar refractivity (Wildman–Crippen MR) is 67.8 cm³/mol. The number of ether oxygens (including phenoxy) is 1. The third kappa shape index (κ3) is 3.93. The molecule has 0 amide bonds. The van der Waals surface area contributed by atoms with Crippen molar-refractivity contribution in [1.29, 1.82) is 0 Å². The lowest BCUT2D eigenvalue weighted by Gasteiger charge is -2.25. The molecule has 0 aromatic carbocycles. The molecule has 2 heterocycles. The van der Waals surface area contributed by atoms with Gasteiger partial charge in [0.2, 0.25) is 0 Å². The van der Waals surface area contributed by atoms with Gasteiger partial charge < -0.3 is 10.1 Å².